The monoisotopic (exact) mass is 414 g/mol. The number of fused-ring (bicyclic) bond motifs is 1. The zero-order valence-corrected chi connectivity index (χ0v) is 17.6. The molecule has 0 fully saturated rings. The van der Waals surface area contributed by atoms with Crippen LogP contribution in [0.1, 0.15) is 44.2 Å². The maximum Gasteiger partial charge on any atom is 0.347 e. The van der Waals surface area contributed by atoms with E-state index in [1.807, 2.05) is 6.92 Å². The third kappa shape index (κ3) is 4.35. The SMILES string of the molecule is CCCCC(Oc1ccc2cc(-c3oc(=O)c(C)c(O)c3C)oc2c1)C(=O)OCC. The molecule has 0 spiro atoms. The van der Waals surface area contributed by atoms with E-state index >= 15 is 0 Å². The summed E-state index contributed by atoms with van der Waals surface area (Å²) < 4.78 is 22.2. The topological polar surface area (TPSA) is 99.1 Å². The van der Waals surface area contributed by atoms with Crippen molar-refractivity contribution in [1.82, 2.24) is 0 Å². The number of aromatic hydroxyl groups is 1. The summed E-state index contributed by atoms with van der Waals surface area (Å²) in [6.45, 7) is 7.24. The fourth-order valence-electron chi connectivity index (χ4n) is 3.18. The zero-order chi connectivity index (χ0) is 21.8. The Hall–Kier alpha value is -3.22. The first-order valence-electron chi connectivity index (χ1n) is 10.1. The lowest BCUT2D eigenvalue weighted by molar-refractivity contribution is -0.151. The standard InChI is InChI=1S/C23H26O7/c1-5-7-8-17(23(26)27-6-2)28-16-10-9-15-11-19(29-18(15)12-16)21-13(3)20(24)14(4)22(25)30-21/h9-12,17,24H,5-8H2,1-4H3. The third-order valence-electron chi connectivity index (χ3n) is 4.91. The van der Waals surface area contributed by atoms with Gasteiger partial charge in [-0.25, -0.2) is 9.59 Å². The van der Waals surface area contributed by atoms with E-state index in [1.54, 1.807) is 38.1 Å². The van der Waals surface area contributed by atoms with Crippen LogP contribution in [0.2, 0.25) is 0 Å². The van der Waals surface area contributed by atoms with Gasteiger partial charge in [-0.2, -0.15) is 0 Å². The van der Waals surface area contributed by atoms with Crippen molar-refractivity contribution >= 4 is 16.9 Å². The number of ether oxygens (including phenoxy) is 2. The molecule has 0 bridgehead atoms. The van der Waals surface area contributed by atoms with E-state index in [4.69, 9.17) is 18.3 Å². The van der Waals surface area contributed by atoms with Gasteiger partial charge in [0, 0.05) is 17.0 Å². The second kappa shape index (κ2) is 9.07. The number of furan rings is 1. The highest BCUT2D eigenvalue weighted by molar-refractivity contribution is 5.84. The van der Waals surface area contributed by atoms with E-state index in [9.17, 15) is 14.7 Å². The highest BCUT2D eigenvalue weighted by Crippen LogP contribution is 2.34. The Labute approximate surface area is 174 Å². The molecular formula is C23H26O7. The van der Waals surface area contributed by atoms with Gasteiger partial charge in [0.1, 0.15) is 17.1 Å². The lowest BCUT2D eigenvalue weighted by atomic mass is 10.1. The highest BCUT2D eigenvalue weighted by atomic mass is 16.6. The Morgan fingerprint density at radius 3 is 2.60 bits per heavy atom. The second-order valence-corrected chi connectivity index (χ2v) is 7.13. The number of hydrogen-bond acceptors (Lipinski definition) is 7. The quantitative estimate of drug-likeness (QED) is 0.525. The van der Waals surface area contributed by atoms with Crippen molar-refractivity contribution in [1.29, 1.82) is 0 Å². The Kier molecular flexibility index (Phi) is 6.50. The predicted octanol–water partition coefficient (Wildman–Crippen LogP) is 4.88. The molecule has 2 aromatic heterocycles. The van der Waals surface area contributed by atoms with E-state index in [0.29, 0.717) is 35.7 Å². The van der Waals surface area contributed by atoms with Crippen LogP contribution in [0.25, 0.3) is 22.5 Å². The Morgan fingerprint density at radius 2 is 1.90 bits per heavy atom. The molecule has 0 amide bonds. The number of hydrogen-bond donors (Lipinski definition) is 1. The van der Waals surface area contributed by atoms with Gasteiger partial charge in [0.25, 0.3) is 0 Å². The number of carbonyl (C=O) groups is 1. The molecular weight excluding hydrogens is 388 g/mol. The van der Waals surface area contributed by atoms with E-state index in [1.165, 1.54) is 6.92 Å². The average molecular weight is 414 g/mol. The molecule has 1 N–H and O–H groups in total. The van der Waals surface area contributed by atoms with Gasteiger partial charge in [0.15, 0.2) is 17.6 Å². The molecule has 7 nitrogen and oxygen atoms in total. The number of esters is 1. The van der Waals surface area contributed by atoms with Gasteiger partial charge in [-0.1, -0.05) is 13.3 Å². The van der Waals surface area contributed by atoms with E-state index < -0.39 is 17.7 Å². The summed E-state index contributed by atoms with van der Waals surface area (Å²) in [6, 6.07) is 6.94. The molecule has 1 unspecified atom stereocenters. The number of carbonyl (C=O) groups excluding carboxylic acids is 1. The number of unbranched alkanes of at least 4 members (excludes halogenated alkanes) is 1. The van der Waals surface area contributed by atoms with Crippen LogP contribution in [0.5, 0.6) is 11.5 Å². The Morgan fingerprint density at radius 1 is 1.13 bits per heavy atom. The molecule has 0 aliphatic carbocycles. The molecule has 0 saturated carbocycles. The summed E-state index contributed by atoms with van der Waals surface area (Å²) in [7, 11) is 0. The first-order chi connectivity index (χ1) is 14.3. The van der Waals surface area contributed by atoms with E-state index in [0.717, 1.165) is 18.2 Å². The molecule has 0 radical (unpaired) electrons. The second-order valence-electron chi connectivity index (χ2n) is 7.13. The van der Waals surface area contributed by atoms with Crippen LogP contribution in [0, 0.1) is 13.8 Å². The largest absolute Gasteiger partial charge is 0.507 e. The maximum atomic E-state index is 12.2. The first kappa shape index (κ1) is 21.5. The van der Waals surface area contributed by atoms with Crippen LogP contribution in [0.3, 0.4) is 0 Å². The van der Waals surface area contributed by atoms with Crippen molar-refractivity contribution in [3.63, 3.8) is 0 Å². The molecule has 0 aliphatic rings. The van der Waals surface area contributed by atoms with Crippen LogP contribution in [-0.4, -0.2) is 23.8 Å². The summed E-state index contributed by atoms with van der Waals surface area (Å²) in [4.78, 5) is 24.1. The van der Waals surface area contributed by atoms with Crippen LogP contribution >= 0.6 is 0 Å². The maximum absolute atomic E-state index is 12.2. The van der Waals surface area contributed by atoms with Crippen molar-refractivity contribution in [2.45, 2.75) is 53.1 Å². The fourth-order valence-corrected chi connectivity index (χ4v) is 3.18. The molecule has 30 heavy (non-hydrogen) atoms. The van der Waals surface area contributed by atoms with E-state index in [2.05, 4.69) is 0 Å². The van der Waals surface area contributed by atoms with Gasteiger partial charge in [-0.15, -0.1) is 0 Å². The molecule has 1 atom stereocenters. The highest BCUT2D eigenvalue weighted by Gasteiger charge is 2.22. The van der Waals surface area contributed by atoms with Crippen molar-refractivity contribution in [2.24, 2.45) is 0 Å². The lowest BCUT2D eigenvalue weighted by Crippen LogP contribution is -2.29. The molecule has 0 aliphatic heterocycles. The minimum absolute atomic E-state index is 0.112. The summed E-state index contributed by atoms with van der Waals surface area (Å²) >= 11 is 0. The Balaban J connectivity index is 1.93. The number of benzene rings is 1. The van der Waals surface area contributed by atoms with Crippen LogP contribution in [0.15, 0.2) is 37.9 Å². The molecule has 0 saturated heterocycles. The molecule has 2 heterocycles. The van der Waals surface area contributed by atoms with Gasteiger partial charge in [-0.05, 0) is 51.8 Å². The predicted molar refractivity (Wildman–Crippen MR) is 112 cm³/mol. The van der Waals surface area contributed by atoms with Crippen molar-refractivity contribution < 1.29 is 28.2 Å². The zero-order valence-electron chi connectivity index (χ0n) is 17.6. The molecule has 3 aromatic rings. The summed E-state index contributed by atoms with van der Waals surface area (Å²) in [5.41, 5.74) is 0.457. The van der Waals surface area contributed by atoms with Gasteiger partial charge < -0.3 is 23.4 Å². The molecule has 160 valence electrons. The first-order valence-corrected chi connectivity index (χ1v) is 10.1. The molecule has 1 aromatic carbocycles. The van der Waals surface area contributed by atoms with Crippen molar-refractivity contribution in [3.05, 3.63) is 45.8 Å². The summed E-state index contributed by atoms with van der Waals surface area (Å²) in [5.74, 6) is 0.467. The van der Waals surface area contributed by atoms with Crippen LogP contribution in [-0.2, 0) is 9.53 Å². The van der Waals surface area contributed by atoms with Gasteiger partial charge in [0.05, 0.1) is 12.2 Å². The van der Waals surface area contributed by atoms with Gasteiger partial charge in [-0.3, -0.25) is 0 Å². The normalized spacial score (nSPS) is 12.1. The van der Waals surface area contributed by atoms with Gasteiger partial charge >= 0.3 is 11.6 Å². The molecule has 7 heteroatoms. The van der Waals surface area contributed by atoms with E-state index in [-0.39, 0.29) is 17.1 Å². The summed E-state index contributed by atoms with van der Waals surface area (Å²) in [5, 5.41) is 10.9. The number of rotatable bonds is 8. The van der Waals surface area contributed by atoms with Crippen molar-refractivity contribution in [3.8, 4) is 23.0 Å². The van der Waals surface area contributed by atoms with Crippen LogP contribution < -0.4 is 10.4 Å². The average Bonchev–Trinajstić information content (AvgIpc) is 3.15. The Bertz CT molecular complexity index is 1110. The van der Waals surface area contributed by atoms with Crippen molar-refractivity contribution in [2.75, 3.05) is 6.61 Å². The minimum atomic E-state index is -0.689. The smallest absolute Gasteiger partial charge is 0.347 e. The minimum Gasteiger partial charge on any atom is -0.507 e. The fraction of sp³-hybridized carbons (Fsp3) is 0.391. The lowest BCUT2D eigenvalue weighted by Gasteiger charge is -2.17. The van der Waals surface area contributed by atoms with Gasteiger partial charge in [0.2, 0.25) is 0 Å². The third-order valence-corrected chi connectivity index (χ3v) is 4.91. The summed E-state index contributed by atoms with van der Waals surface area (Å²) in [6.07, 6.45) is 1.65. The molecule has 3 rings (SSSR count). The van der Waals surface area contributed by atoms with Crippen LogP contribution in [0.4, 0.5) is 0 Å².